The minimum atomic E-state index is -2.69. The number of nitrogens with zero attached hydrogens (tertiary/aromatic N) is 2. The number of hydrogen-bond donors (Lipinski definition) is 1. The SMILES string of the molecule is Cc1ccc(OCC(=O)Nc2nnc(C(F)F)s2)c(C)c1. The Hall–Kier alpha value is -2.09. The Bertz CT molecular complexity index is 646. The molecule has 2 aromatic rings. The van der Waals surface area contributed by atoms with Crippen molar-refractivity contribution in [2.24, 2.45) is 0 Å². The van der Waals surface area contributed by atoms with Gasteiger partial charge in [0.1, 0.15) is 5.75 Å². The quantitative estimate of drug-likeness (QED) is 0.921. The largest absolute Gasteiger partial charge is 0.483 e. The van der Waals surface area contributed by atoms with E-state index in [0.29, 0.717) is 17.1 Å². The van der Waals surface area contributed by atoms with E-state index in [1.54, 1.807) is 6.07 Å². The third-order valence-electron chi connectivity index (χ3n) is 2.56. The summed E-state index contributed by atoms with van der Waals surface area (Å²) in [4.78, 5) is 11.7. The van der Waals surface area contributed by atoms with E-state index < -0.39 is 17.3 Å². The average molecular weight is 313 g/mol. The highest BCUT2D eigenvalue weighted by atomic mass is 32.1. The standard InChI is InChI=1S/C13H13F2N3O2S/c1-7-3-4-9(8(2)5-7)20-6-10(19)16-13-18-17-12(21-13)11(14)15/h3-5,11H,6H2,1-2H3,(H,16,18,19). The van der Waals surface area contributed by atoms with Gasteiger partial charge in [-0.1, -0.05) is 29.0 Å². The van der Waals surface area contributed by atoms with Crippen LogP contribution in [0.15, 0.2) is 18.2 Å². The monoisotopic (exact) mass is 313 g/mol. The van der Waals surface area contributed by atoms with Crippen LogP contribution in [0.1, 0.15) is 22.6 Å². The molecule has 112 valence electrons. The molecule has 0 bridgehead atoms. The zero-order valence-electron chi connectivity index (χ0n) is 11.4. The van der Waals surface area contributed by atoms with E-state index in [4.69, 9.17) is 4.74 Å². The third-order valence-corrected chi connectivity index (χ3v) is 3.41. The molecule has 0 radical (unpaired) electrons. The molecule has 0 saturated heterocycles. The van der Waals surface area contributed by atoms with Crippen LogP contribution in [0.25, 0.3) is 0 Å². The third kappa shape index (κ3) is 4.19. The Morgan fingerprint density at radius 2 is 2.14 bits per heavy atom. The highest BCUT2D eigenvalue weighted by molar-refractivity contribution is 7.15. The van der Waals surface area contributed by atoms with Gasteiger partial charge in [0.25, 0.3) is 12.3 Å². The van der Waals surface area contributed by atoms with E-state index in [0.717, 1.165) is 11.1 Å². The molecule has 0 aliphatic heterocycles. The van der Waals surface area contributed by atoms with Crippen molar-refractivity contribution < 1.29 is 18.3 Å². The van der Waals surface area contributed by atoms with Crippen molar-refractivity contribution in [3.8, 4) is 5.75 Å². The van der Waals surface area contributed by atoms with Crippen molar-refractivity contribution >= 4 is 22.4 Å². The van der Waals surface area contributed by atoms with Gasteiger partial charge >= 0.3 is 0 Å². The number of anilines is 1. The predicted molar refractivity (Wildman–Crippen MR) is 74.9 cm³/mol. The number of rotatable bonds is 5. The number of aryl methyl sites for hydroxylation is 2. The Balaban J connectivity index is 1.89. The summed E-state index contributed by atoms with van der Waals surface area (Å²) in [6, 6.07) is 5.59. The highest BCUT2D eigenvalue weighted by Gasteiger charge is 2.15. The Morgan fingerprint density at radius 1 is 1.38 bits per heavy atom. The number of amides is 1. The molecule has 1 aromatic carbocycles. The summed E-state index contributed by atoms with van der Waals surface area (Å²) in [6.45, 7) is 3.60. The van der Waals surface area contributed by atoms with Crippen molar-refractivity contribution in [3.05, 3.63) is 34.3 Å². The number of aromatic nitrogens is 2. The van der Waals surface area contributed by atoms with Gasteiger partial charge in [0, 0.05) is 0 Å². The molecule has 0 aliphatic rings. The number of ether oxygens (including phenoxy) is 1. The molecule has 0 fully saturated rings. The summed E-state index contributed by atoms with van der Waals surface area (Å²) in [5.74, 6) is 0.119. The second-order valence-corrected chi connectivity index (χ2v) is 5.36. The molecule has 0 atom stereocenters. The van der Waals surface area contributed by atoms with Gasteiger partial charge in [-0.2, -0.15) is 0 Å². The van der Waals surface area contributed by atoms with Crippen LogP contribution >= 0.6 is 11.3 Å². The van der Waals surface area contributed by atoms with Gasteiger partial charge in [-0.3, -0.25) is 10.1 Å². The minimum Gasteiger partial charge on any atom is -0.483 e. The van der Waals surface area contributed by atoms with Crippen LogP contribution in [-0.4, -0.2) is 22.7 Å². The van der Waals surface area contributed by atoms with Crippen LogP contribution in [0.3, 0.4) is 0 Å². The van der Waals surface area contributed by atoms with Crippen LogP contribution in [0, 0.1) is 13.8 Å². The fraction of sp³-hybridized carbons (Fsp3) is 0.308. The molecule has 0 aliphatic carbocycles. The van der Waals surface area contributed by atoms with Crippen LogP contribution < -0.4 is 10.1 Å². The number of carbonyl (C=O) groups excluding carboxylic acids is 1. The van der Waals surface area contributed by atoms with E-state index in [9.17, 15) is 13.6 Å². The van der Waals surface area contributed by atoms with Crippen molar-refractivity contribution in [2.75, 3.05) is 11.9 Å². The fourth-order valence-corrected chi connectivity index (χ4v) is 2.25. The van der Waals surface area contributed by atoms with Crippen LogP contribution in [0.2, 0.25) is 0 Å². The summed E-state index contributed by atoms with van der Waals surface area (Å²) < 4.78 is 30.0. The first-order valence-electron chi connectivity index (χ1n) is 6.07. The number of alkyl halides is 2. The molecule has 0 saturated carbocycles. The number of nitrogens with one attached hydrogen (secondary N) is 1. The van der Waals surface area contributed by atoms with Gasteiger partial charge in [0.05, 0.1) is 0 Å². The van der Waals surface area contributed by atoms with Crippen LogP contribution in [-0.2, 0) is 4.79 Å². The number of hydrogen-bond acceptors (Lipinski definition) is 5. The lowest BCUT2D eigenvalue weighted by atomic mass is 10.1. The van der Waals surface area contributed by atoms with E-state index in [-0.39, 0.29) is 11.7 Å². The average Bonchev–Trinajstić information content (AvgIpc) is 2.86. The Kier molecular flexibility index (Phi) is 4.79. The summed E-state index contributed by atoms with van der Waals surface area (Å²) >= 11 is 0.636. The zero-order chi connectivity index (χ0) is 15.4. The molecular formula is C13H13F2N3O2S. The molecule has 0 spiro atoms. The molecule has 8 heteroatoms. The lowest BCUT2D eigenvalue weighted by Gasteiger charge is -2.09. The van der Waals surface area contributed by atoms with Crippen molar-refractivity contribution in [2.45, 2.75) is 20.3 Å². The lowest BCUT2D eigenvalue weighted by molar-refractivity contribution is -0.118. The first-order valence-corrected chi connectivity index (χ1v) is 6.89. The Morgan fingerprint density at radius 3 is 2.76 bits per heavy atom. The number of carbonyl (C=O) groups is 1. The second-order valence-electron chi connectivity index (χ2n) is 4.35. The Labute approximate surface area is 124 Å². The summed E-state index contributed by atoms with van der Waals surface area (Å²) in [7, 11) is 0. The normalized spacial score (nSPS) is 10.7. The molecule has 1 heterocycles. The van der Waals surface area contributed by atoms with Gasteiger partial charge in [-0.15, -0.1) is 10.2 Å². The van der Waals surface area contributed by atoms with E-state index in [1.165, 1.54) is 0 Å². The van der Waals surface area contributed by atoms with Gasteiger partial charge < -0.3 is 4.74 Å². The van der Waals surface area contributed by atoms with E-state index in [1.807, 2.05) is 26.0 Å². The van der Waals surface area contributed by atoms with Gasteiger partial charge in [0.2, 0.25) is 5.13 Å². The molecule has 21 heavy (non-hydrogen) atoms. The highest BCUT2D eigenvalue weighted by Crippen LogP contribution is 2.25. The molecular weight excluding hydrogens is 300 g/mol. The molecule has 1 amide bonds. The molecule has 5 nitrogen and oxygen atoms in total. The topological polar surface area (TPSA) is 64.1 Å². The van der Waals surface area contributed by atoms with Crippen LogP contribution in [0.4, 0.5) is 13.9 Å². The number of benzene rings is 1. The molecule has 1 N–H and O–H groups in total. The van der Waals surface area contributed by atoms with E-state index >= 15 is 0 Å². The maximum absolute atomic E-state index is 12.3. The minimum absolute atomic E-state index is 0.0273. The summed E-state index contributed by atoms with van der Waals surface area (Å²) in [5.41, 5.74) is 2.01. The number of halogens is 2. The van der Waals surface area contributed by atoms with Crippen molar-refractivity contribution in [1.29, 1.82) is 0 Å². The predicted octanol–water partition coefficient (Wildman–Crippen LogP) is 3.11. The molecule has 1 aromatic heterocycles. The molecule has 0 unspecified atom stereocenters. The maximum Gasteiger partial charge on any atom is 0.291 e. The van der Waals surface area contributed by atoms with E-state index in [2.05, 4.69) is 15.5 Å². The van der Waals surface area contributed by atoms with Gasteiger partial charge in [-0.05, 0) is 25.5 Å². The van der Waals surface area contributed by atoms with Crippen molar-refractivity contribution in [1.82, 2.24) is 10.2 Å². The van der Waals surface area contributed by atoms with Crippen molar-refractivity contribution in [3.63, 3.8) is 0 Å². The van der Waals surface area contributed by atoms with Gasteiger partial charge in [0.15, 0.2) is 11.6 Å². The zero-order valence-corrected chi connectivity index (χ0v) is 12.2. The smallest absolute Gasteiger partial charge is 0.291 e. The lowest BCUT2D eigenvalue weighted by Crippen LogP contribution is -2.20. The summed E-state index contributed by atoms with van der Waals surface area (Å²) in [6.07, 6.45) is -2.69. The maximum atomic E-state index is 12.3. The first kappa shape index (κ1) is 15.3. The first-order chi connectivity index (χ1) is 9.95. The molecule has 2 rings (SSSR count). The van der Waals surface area contributed by atoms with Gasteiger partial charge in [-0.25, -0.2) is 8.78 Å². The fourth-order valence-electron chi connectivity index (χ4n) is 1.63. The second kappa shape index (κ2) is 6.57. The summed E-state index contributed by atoms with van der Waals surface area (Å²) in [5, 5.41) is 8.70. The van der Waals surface area contributed by atoms with Crippen LogP contribution in [0.5, 0.6) is 5.75 Å².